The van der Waals surface area contributed by atoms with E-state index in [9.17, 15) is 4.79 Å². The number of aryl methyl sites for hydroxylation is 2. The Morgan fingerprint density at radius 1 is 1.03 bits per heavy atom. The van der Waals surface area contributed by atoms with Crippen LogP contribution in [0, 0.1) is 5.92 Å². The lowest BCUT2D eigenvalue weighted by Crippen LogP contribution is -2.19. The summed E-state index contributed by atoms with van der Waals surface area (Å²) in [5, 5.41) is 0. The molecule has 5 nitrogen and oxygen atoms in total. The first-order valence-corrected chi connectivity index (χ1v) is 11.7. The minimum absolute atomic E-state index is 0.0150. The smallest absolute Gasteiger partial charge is 0.326 e. The molecule has 0 bridgehead atoms. The predicted octanol–water partition coefficient (Wildman–Crippen LogP) is 5.35. The van der Waals surface area contributed by atoms with Crippen molar-refractivity contribution in [1.29, 1.82) is 0 Å². The Morgan fingerprint density at radius 3 is 2.71 bits per heavy atom. The van der Waals surface area contributed by atoms with Crippen molar-refractivity contribution in [2.75, 3.05) is 0 Å². The number of unbranched alkanes of at least 4 members (excludes halogenated alkanes) is 3. The number of aromatic nitrogens is 4. The Morgan fingerprint density at radius 2 is 1.87 bits per heavy atom. The van der Waals surface area contributed by atoms with E-state index in [1.165, 1.54) is 55.2 Å². The van der Waals surface area contributed by atoms with Crippen molar-refractivity contribution in [2.24, 2.45) is 20.0 Å². The maximum atomic E-state index is 12.3. The van der Waals surface area contributed by atoms with Gasteiger partial charge in [0, 0.05) is 20.6 Å². The lowest BCUT2D eigenvalue weighted by atomic mass is 10.0. The summed E-state index contributed by atoms with van der Waals surface area (Å²) in [6.45, 7) is 3.04. The first kappa shape index (κ1) is 20.1. The molecule has 2 unspecified atom stereocenters. The summed E-state index contributed by atoms with van der Waals surface area (Å²) in [5.41, 5.74) is 6.98. The van der Waals surface area contributed by atoms with Gasteiger partial charge in [-0.25, -0.2) is 9.78 Å². The van der Waals surface area contributed by atoms with Gasteiger partial charge in [0.1, 0.15) is 0 Å². The molecule has 0 N–H and O–H groups in total. The normalized spacial score (nSPS) is 18.3. The molecule has 2 aromatic heterocycles. The molecule has 1 aliphatic carbocycles. The van der Waals surface area contributed by atoms with E-state index in [1.54, 1.807) is 9.13 Å². The summed E-state index contributed by atoms with van der Waals surface area (Å²) in [6, 6.07) is 12.9. The van der Waals surface area contributed by atoms with Crippen LogP contribution in [0.4, 0.5) is 0 Å². The van der Waals surface area contributed by atoms with Crippen molar-refractivity contribution in [2.45, 2.75) is 57.9 Å². The molecule has 1 saturated carbocycles. The van der Waals surface area contributed by atoms with E-state index in [1.807, 2.05) is 20.4 Å². The summed E-state index contributed by atoms with van der Waals surface area (Å²) in [6.07, 6.45) is 10.0. The summed E-state index contributed by atoms with van der Waals surface area (Å²) in [5.74, 6) is 1.51. The summed E-state index contributed by atoms with van der Waals surface area (Å²) < 4.78 is 5.72. The van der Waals surface area contributed by atoms with Gasteiger partial charge < -0.3 is 4.57 Å². The number of fused-ring (bicyclic) bond motifs is 2. The van der Waals surface area contributed by atoms with Gasteiger partial charge >= 0.3 is 5.69 Å². The number of benzene rings is 2. The third-order valence-electron chi connectivity index (χ3n) is 7.11. The molecular formula is C26H32N4O. The van der Waals surface area contributed by atoms with Crippen LogP contribution in [-0.4, -0.2) is 18.7 Å². The van der Waals surface area contributed by atoms with Gasteiger partial charge in [-0.1, -0.05) is 50.8 Å². The lowest BCUT2D eigenvalue weighted by Gasteiger charge is -2.10. The van der Waals surface area contributed by atoms with Crippen LogP contribution in [0.25, 0.3) is 22.1 Å². The van der Waals surface area contributed by atoms with E-state index >= 15 is 0 Å². The molecule has 0 saturated heterocycles. The molecule has 5 heteroatoms. The fourth-order valence-electron chi connectivity index (χ4n) is 5.20. The Kier molecular flexibility index (Phi) is 5.20. The molecule has 4 aromatic rings. The van der Waals surface area contributed by atoms with Gasteiger partial charge in [-0.05, 0) is 54.0 Å². The molecule has 2 atom stereocenters. The summed E-state index contributed by atoms with van der Waals surface area (Å²) in [7, 11) is 3.67. The van der Waals surface area contributed by atoms with Gasteiger partial charge in [0.15, 0.2) is 0 Å². The van der Waals surface area contributed by atoms with E-state index < -0.39 is 0 Å². The van der Waals surface area contributed by atoms with Crippen LogP contribution < -0.4 is 5.69 Å². The molecule has 2 heterocycles. The van der Waals surface area contributed by atoms with Gasteiger partial charge in [-0.2, -0.15) is 0 Å². The van der Waals surface area contributed by atoms with Crippen molar-refractivity contribution in [1.82, 2.24) is 18.7 Å². The quantitative estimate of drug-likeness (QED) is 0.364. The standard InChI is InChI=1S/C26H32N4O/c1-4-5-6-7-9-19-15-21(19)20-10-8-11-22-25(20)30(17-27-22)16-18-12-13-23-24(14-18)29(3)26(31)28(23)2/h8,10-14,17,19,21H,4-7,9,15-16H2,1-3H3. The highest BCUT2D eigenvalue weighted by Crippen LogP contribution is 2.52. The van der Waals surface area contributed by atoms with Crippen LogP contribution in [0.1, 0.15) is 62.5 Å². The fraction of sp³-hybridized carbons (Fsp3) is 0.462. The Hall–Kier alpha value is -2.82. The van der Waals surface area contributed by atoms with Crippen LogP contribution in [-0.2, 0) is 20.6 Å². The zero-order valence-corrected chi connectivity index (χ0v) is 18.8. The Balaban J connectivity index is 1.42. The van der Waals surface area contributed by atoms with Crippen LogP contribution in [0.5, 0.6) is 0 Å². The predicted molar refractivity (Wildman–Crippen MR) is 127 cm³/mol. The molecule has 0 spiro atoms. The fourth-order valence-corrected chi connectivity index (χ4v) is 5.20. The maximum Gasteiger partial charge on any atom is 0.328 e. The van der Waals surface area contributed by atoms with Gasteiger partial charge in [0.25, 0.3) is 0 Å². The molecule has 2 aromatic carbocycles. The Bertz CT molecular complexity index is 1290. The first-order valence-electron chi connectivity index (χ1n) is 11.7. The maximum absolute atomic E-state index is 12.3. The number of para-hydroxylation sites is 1. The van der Waals surface area contributed by atoms with Crippen LogP contribution >= 0.6 is 0 Å². The van der Waals surface area contributed by atoms with Crippen molar-refractivity contribution in [3.8, 4) is 0 Å². The molecule has 1 fully saturated rings. The number of nitrogens with zero attached hydrogens (tertiary/aromatic N) is 4. The second kappa shape index (κ2) is 8.03. The number of imidazole rings is 2. The third-order valence-corrected chi connectivity index (χ3v) is 7.11. The first-order chi connectivity index (χ1) is 15.1. The molecule has 5 rings (SSSR count). The van der Waals surface area contributed by atoms with E-state index in [2.05, 4.69) is 47.9 Å². The molecule has 0 amide bonds. The van der Waals surface area contributed by atoms with E-state index in [-0.39, 0.29) is 5.69 Å². The second-order valence-corrected chi connectivity index (χ2v) is 9.26. The van der Waals surface area contributed by atoms with E-state index in [0.29, 0.717) is 5.92 Å². The van der Waals surface area contributed by atoms with Crippen molar-refractivity contribution < 1.29 is 0 Å². The van der Waals surface area contributed by atoms with Gasteiger partial charge in [0.05, 0.1) is 28.4 Å². The van der Waals surface area contributed by atoms with E-state index in [4.69, 9.17) is 4.98 Å². The monoisotopic (exact) mass is 416 g/mol. The second-order valence-electron chi connectivity index (χ2n) is 9.26. The number of rotatable bonds is 8. The largest absolute Gasteiger partial charge is 0.328 e. The van der Waals surface area contributed by atoms with Crippen molar-refractivity contribution in [3.63, 3.8) is 0 Å². The highest BCUT2D eigenvalue weighted by atomic mass is 16.1. The Labute approximate surface area is 183 Å². The van der Waals surface area contributed by atoms with Crippen LogP contribution in [0.2, 0.25) is 0 Å². The van der Waals surface area contributed by atoms with Crippen LogP contribution in [0.15, 0.2) is 47.5 Å². The minimum Gasteiger partial charge on any atom is -0.326 e. The summed E-state index contributed by atoms with van der Waals surface area (Å²) in [4.78, 5) is 17.0. The molecule has 31 heavy (non-hydrogen) atoms. The molecule has 1 aliphatic rings. The summed E-state index contributed by atoms with van der Waals surface area (Å²) >= 11 is 0. The number of hydrogen-bond donors (Lipinski definition) is 0. The van der Waals surface area contributed by atoms with Crippen LogP contribution in [0.3, 0.4) is 0 Å². The average molecular weight is 417 g/mol. The highest BCUT2D eigenvalue weighted by molar-refractivity contribution is 5.81. The lowest BCUT2D eigenvalue weighted by molar-refractivity contribution is 0.589. The SMILES string of the molecule is CCCCCCC1CC1c1cccc2ncn(Cc3ccc4c(c3)n(C)c(=O)n4C)c12. The molecule has 0 aliphatic heterocycles. The molecule has 0 radical (unpaired) electrons. The molecule has 162 valence electrons. The minimum atomic E-state index is 0.0150. The number of hydrogen-bond acceptors (Lipinski definition) is 2. The van der Waals surface area contributed by atoms with Crippen molar-refractivity contribution in [3.05, 3.63) is 64.3 Å². The van der Waals surface area contributed by atoms with Gasteiger partial charge in [0.2, 0.25) is 0 Å². The third kappa shape index (κ3) is 3.60. The zero-order chi connectivity index (χ0) is 21.5. The van der Waals surface area contributed by atoms with Gasteiger partial charge in [-0.3, -0.25) is 9.13 Å². The van der Waals surface area contributed by atoms with Crippen molar-refractivity contribution >= 4 is 22.1 Å². The molecular weight excluding hydrogens is 384 g/mol. The van der Waals surface area contributed by atoms with Gasteiger partial charge in [-0.15, -0.1) is 0 Å². The van der Waals surface area contributed by atoms with E-state index in [0.717, 1.165) is 29.0 Å². The average Bonchev–Trinajstić information content (AvgIpc) is 3.40. The highest BCUT2D eigenvalue weighted by Gasteiger charge is 2.39. The topological polar surface area (TPSA) is 44.8 Å². The zero-order valence-electron chi connectivity index (χ0n) is 18.8.